The summed E-state index contributed by atoms with van der Waals surface area (Å²) in [6, 6.07) is 6.74. The van der Waals surface area contributed by atoms with E-state index >= 15 is 0 Å². The van der Waals surface area contributed by atoms with Crippen molar-refractivity contribution in [1.82, 2.24) is 25.2 Å². The Bertz CT molecular complexity index is 1210. The lowest BCUT2D eigenvalue weighted by atomic mass is 10.00. The Hall–Kier alpha value is -3.68. The second-order valence-corrected chi connectivity index (χ2v) is 7.90. The fraction of sp³-hybridized carbons (Fsp3) is 0.304. The molecular weight excluding hydrogens is 392 g/mol. The van der Waals surface area contributed by atoms with Crippen molar-refractivity contribution in [2.45, 2.75) is 25.7 Å². The number of fused-ring (bicyclic) bond motifs is 3. The van der Waals surface area contributed by atoms with Gasteiger partial charge < -0.3 is 20.5 Å². The Labute approximate surface area is 179 Å². The molecule has 0 spiro atoms. The van der Waals surface area contributed by atoms with Gasteiger partial charge in [0.2, 0.25) is 0 Å². The third kappa shape index (κ3) is 3.54. The summed E-state index contributed by atoms with van der Waals surface area (Å²) >= 11 is 0. The number of H-pyrrole nitrogens is 1. The molecule has 1 aliphatic heterocycles. The molecule has 3 heterocycles. The molecule has 0 unspecified atom stereocenters. The number of nitrogens with one attached hydrogen (secondary N) is 3. The molecule has 0 saturated heterocycles. The fourth-order valence-electron chi connectivity index (χ4n) is 4.46. The summed E-state index contributed by atoms with van der Waals surface area (Å²) in [5.41, 5.74) is 6.80. The van der Waals surface area contributed by atoms with Crippen LogP contribution in [0.25, 0.3) is 16.6 Å². The van der Waals surface area contributed by atoms with E-state index < -0.39 is 0 Å². The second-order valence-electron chi connectivity index (χ2n) is 7.90. The third-order valence-electron chi connectivity index (χ3n) is 6.04. The highest BCUT2D eigenvalue weighted by atomic mass is 16.2. The predicted molar refractivity (Wildman–Crippen MR) is 119 cm³/mol. The zero-order chi connectivity index (χ0) is 21.4. The zero-order valence-corrected chi connectivity index (χ0v) is 17.4. The first kappa shape index (κ1) is 19.3. The van der Waals surface area contributed by atoms with Gasteiger partial charge in [0.15, 0.2) is 0 Å². The van der Waals surface area contributed by atoms with Crippen molar-refractivity contribution in [3.8, 4) is 0 Å². The molecule has 8 nitrogen and oxygen atoms in total. The highest BCUT2D eigenvalue weighted by molar-refractivity contribution is 5.97. The van der Waals surface area contributed by atoms with Gasteiger partial charge in [-0.15, -0.1) is 0 Å². The molecule has 3 amide bonds. The average molecular weight is 416 g/mol. The molecule has 158 valence electrons. The van der Waals surface area contributed by atoms with Crippen molar-refractivity contribution in [1.29, 1.82) is 0 Å². The van der Waals surface area contributed by atoms with Gasteiger partial charge in [0.05, 0.1) is 5.69 Å². The SMILES string of the molecule is CNC(=O)c1cccc(NC(=O)N2CC=C(c3ncnc4[nH]c5c(c34)CCC5)CC2)c1. The van der Waals surface area contributed by atoms with Crippen molar-refractivity contribution >= 4 is 34.2 Å². The summed E-state index contributed by atoms with van der Waals surface area (Å²) in [5.74, 6) is -0.186. The first-order valence-corrected chi connectivity index (χ1v) is 10.6. The van der Waals surface area contributed by atoms with Crippen molar-refractivity contribution in [2.75, 3.05) is 25.5 Å². The van der Waals surface area contributed by atoms with Gasteiger partial charge in [-0.25, -0.2) is 14.8 Å². The van der Waals surface area contributed by atoms with Crippen LogP contribution < -0.4 is 10.6 Å². The molecule has 8 heteroatoms. The third-order valence-corrected chi connectivity index (χ3v) is 6.04. The number of anilines is 1. The largest absolute Gasteiger partial charge is 0.355 e. The lowest BCUT2D eigenvalue weighted by molar-refractivity contribution is 0.0963. The van der Waals surface area contributed by atoms with Crippen LogP contribution in [0.3, 0.4) is 0 Å². The van der Waals surface area contributed by atoms with Gasteiger partial charge in [0.1, 0.15) is 12.0 Å². The van der Waals surface area contributed by atoms with E-state index in [1.54, 1.807) is 42.5 Å². The molecule has 1 aromatic carbocycles. The van der Waals surface area contributed by atoms with E-state index in [-0.39, 0.29) is 11.9 Å². The van der Waals surface area contributed by atoms with E-state index in [4.69, 9.17) is 0 Å². The lowest BCUT2D eigenvalue weighted by Gasteiger charge is -2.27. The minimum Gasteiger partial charge on any atom is -0.355 e. The van der Waals surface area contributed by atoms with Gasteiger partial charge in [0, 0.05) is 42.5 Å². The Morgan fingerprint density at radius 1 is 1.16 bits per heavy atom. The first-order chi connectivity index (χ1) is 15.1. The van der Waals surface area contributed by atoms with Crippen LogP contribution in [0.1, 0.15) is 40.2 Å². The van der Waals surface area contributed by atoms with Gasteiger partial charge in [-0.3, -0.25) is 4.79 Å². The number of hydrogen-bond donors (Lipinski definition) is 3. The maximum Gasteiger partial charge on any atom is 0.322 e. The molecule has 2 aliphatic rings. The van der Waals surface area contributed by atoms with Gasteiger partial charge in [-0.1, -0.05) is 12.1 Å². The number of urea groups is 1. The summed E-state index contributed by atoms with van der Waals surface area (Å²) in [7, 11) is 1.58. The smallest absolute Gasteiger partial charge is 0.322 e. The van der Waals surface area contributed by atoms with E-state index in [1.807, 2.05) is 0 Å². The van der Waals surface area contributed by atoms with Crippen molar-refractivity contribution in [2.24, 2.45) is 0 Å². The van der Waals surface area contributed by atoms with Crippen LogP contribution in [0.2, 0.25) is 0 Å². The summed E-state index contributed by atoms with van der Waals surface area (Å²) in [4.78, 5) is 38.8. The van der Waals surface area contributed by atoms with Gasteiger partial charge in [0.25, 0.3) is 5.91 Å². The van der Waals surface area contributed by atoms with Crippen LogP contribution in [0.15, 0.2) is 36.7 Å². The van der Waals surface area contributed by atoms with Crippen LogP contribution in [0.4, 0.5) is 10.5 Å². The second kappa shape index (κ2) is 7.86. The van der Waals surface area contributed by atoms with Crippen LogP contribution in [-0.2, 0) is 12.8 Å². The van der Waals surface area contributed by atoms with Gasteiger partial charge >= 0.3 is 6.03 Å². The quantitative estimate of drug-likeness (QED) is 0.610. The predicted octanol–water partition coefficient (Wildman–Crippen LogP) is 3.13. The molecule has 2 aromatic heterocycles. The molecule has 0 fully saturated rings. The summed E-state index contributed by atoms with van der Waals surface area (Å²) in [6.07, 6.45) is 7.73. The molecule has 3 N–H and O–H groups in total. The number of carbonyl (C=O) groups excluding carboxylic acids is 2. The minimum atomic E-state index is -0.186. The molecule has 1 aliphatic carbocycles. The summed E-state index contributed by atoms with van der Waals surface area (Å²) < 4.78 is 0. The highest BCUT2D eigenvalue weighted by Gasteiger charge is 2.24. The fourth-order valence-corrected chi connectivity index (χ4v) is 4.46. The average Bonchev–Trinajstić information content (AvgIpc) is 3.40. The number of nitrogens with zero attached hydrogens (tertiary/aromatic N) is 3. The highest BCUT2D eigenvalue weighted by Crippen LogP contribution is 2.34. The molecule has 0 bridgehead atoms. The van der Waals surface area contributed by atoms with Crippen molar-refractivity contribution in [3.63, 3.8) is 0 Å². The van der Waals surface area contributed by atoms with Crippen LogP contribution >= 0.6 is 0 Å². The Balaban J connectivity index is 1.32. The molecule has 3 aromatic rings. The summed E-state index contributed by atoms with van der Waals surface area (Å²) in [6.45, 7) is 1.11. The number of carbonyl (C=O) groups is 2. The van der Waals surface area contributed by atoms with E-state index in [0.717, 1.165) is 41.6 Å². The van der Waals surface area contributed by atoms with Gasteiger partial charge in [-0.2, -0.15) is 0 Å². The number of aromatic nitrogens is 3. The standard InChI is InChI=1S/C23H24N6O2/c1-24-22(30)15-4-2-5-16(12-15)27-23(31)29-10-8-14(9-11-29)20-19-17-6-3-7-18(17)28-21(19)26-13-25-20/h2,4-5,8,12-13H,3,6-7,9-11H2,1H3,(H,24,30)(H,27,31)(H,25,26,28). The molecular formula is C23H24N6O2. The Morgan fingerprint density at radius 3 is 2.87 bits per heavy atom. The molecule has 5 rings (SSSR count). The Kier molecular flexibility index (Phi) is 4.89. The summed E-state index contributed by atoms with van der Waals surface area (Å²) in [5, 5.41) is 6.63. The lowest BCUT2D eigenvalue weighted by Crippen LogP contribution is -2.38. The number of rotatable bonds is 3. The number of aryl methyl sites for hydroxylation is 2. The molecule has 0 atom stereocenters. The van der Waals surface area contributed by atoms with E-state index in [0.29, 0.717) is 24.3 Å². The Morgan fingerprint density at radius 2 is 2.06 bits per heavy atom. The molecule has 0 saturated carbocycles. The monoisotopic (exact) mass is 416 g/mol. The van der Waals surface area contributed by atoms with Crippen LogP contribution in [0, 0.1) is 0 Å². The normalized spacial score (nSPS) is 15.5. The number of hydrogen-bond acceptors (Lipinski definition) is 4. The van der Waals surface area contributed by atoms with Gasteiger partial charge in [-0.05, 0) is 55.0 Å². The first-order valence-electron chi connectivity index (χ1n) is 10.6. The molecule has 31 heavy (non-hydrogen) atoms. The maximum absolute atomic E-state index is 12.7. The van der Waals surface area contributed by atoms with E-state index in [9.17, 15) is 9.59 Å². The number of amides is 3. The van der Waals surface area contributed by atoms with Crippen LogP contribution in [-0.4, -0.2) is 51.9 Å². The zero-order valence-electron chi connectivity index (χ0n) is 17.4. The maximum atomic E-state index is 12.7. The van der Waals surface area contributed by atoms with E-state index in [1.165, 1.54) is 17.7 Å². The molecule has 0 radical (unpaired) electrons. The van der Waals surface area contributed by atoms with E-state index in [2.05, 4.69) is 31.7 Å². The van der Waals surface area contributed by atoms with Crippen molar-refractivity contribution < 1.29 is 9.59 Å². The van der Waals surface area contributed by atoms with Crippen LogP contribution in [0.5, 0.6) is 0 Å². The number of benzene rings is 1. The number of aromatic amines is 1. The van der Waals surface area contributed by atoms with Crippen molar-refractivity contribution in [3.05, 3.63) is 59.2 Å². The minimum absolute atomic E-state index is 0.181. The topological polar surface area (TPSA) is 103 Å².